The standard InChI is InChI=1S/C19H22BrN3/c20-17-12-22-15(11-23-17)9-13-5-7-19(8-6-13)10-14-3-1-2-4-16(14)18(19)21/h1-4,11-13,18H,5-10,21H2/t13?,18-,19?/m1/s1. The van der Waals surface area contributed by atoms with Gasteiger partial charge in [0, 0.05) is 12.2 Å². The minimum atomic E-state index is 0.215. The Morgan fingerprint density at radius 3 is 2.61 bits per heavy atom. The molecule has 1 atom stereocenters. The van der Waals surface area contributed by atoms with Crippen molar-refractivity contribution in [2.24, 2.45) is 17.1 Å². The Bertz CT molecular complexity index is 690. The van der Waals surface area contributed by atoms with E-state index in [2.05, 4.69) is 50.2 Å². The normalized spacial score (nSPS) is 29.7. The molecule has 0 amide bonds. The summed E-state index contributed by atoms with van der Waals surface area (Å²) in [7, 11) is 0. The molecule has 1 spiro atoms. The van der Waals surface area contributed by atoms with E-state index in [0.29, 0.717) is 11.3 Å². The zero-order valence-corrected chi connectivity index (χ0v) is 14.8. The van der Waals surface area contributed by atoms with Crippen LogP contribution in [0.25, 0.3) is 0 Å². The number of nitrogens with zero attached hydrogens (tertiary/aromatic N) is 2. The fourth-order valence-electron chi connectivity index (χ4n) is 4.50. The SMILES string of the molecule is N[C@@H]1c2ccccc2CC12CCC(Cc1cnc(Br)cn1)CC2. The Kier molecular flexibility index (Phi) is 3.98. The Balaban J connectivity index is 1.43. The first kappa shape index (κ1) is 15.3. The number of aromatic nitrogens is 2. The lowest BCUT2D eigenvalue weighted by Crippen LogP contribution is -2.36. The van der Waals surface area contributed by atoms with Crippen LogP contribution in [0.1, 0.15) is 48.5 Å². The van der Waals surface area contributed by atoms with Crippen LogP contribution in [0.2, 0.25) is 0 Å². The van der Waals surface area contributed by atoms with Crippen LogP contribution < -0.4 is 5.73 Å². The molecular weight excluding hydrogens is 350 g/mol. The first-order valence-electron chi connectivity index (χ1n) is 8.46. The van der Waals surface area contributed by atoms with Gasteiger partial charge >= 0.3 is 0 Å². The maximum Gasteiger partial charge on any atom is 0.124 e. The van der Waals surface area contributed by atoms with Crippen LogP contribution >= 0.6 is 15.9 Å². The third-order valence-electron chi connectivity index (χ3n) is 5.86. The number of rotatable bonds is 2. The van der Waals surface area contributed by atoms with Crippen molar-refractivity contribution in [3.63, 3.8) is 0 Å². The Morgan fingerprint density at radius 2 is 1.91 bits per heavy atom. The van der Waals surface area contributed by atoms with Gasteiger partial charge in [-0.15, -0.1) is 0 Å². The molecule has 0 bridgehead atoms. The van der Waals surface area contributed by atoms with Crippen molar-refractivity contribution in [1.82, 2.24) is 9.97 Å². The molecule has 2 aliphatic carbocycles. The number of fused-ring (bicyclic) bond motifs is 1. The molecule has 1 aromatic heterocycles. The van der Waals surface area contributed by atoms with E-state index in [1.165, 1.54) is 36.8 Å². The van der Waals surface area contributed by atoms with Gasteiger partial charge < -0.3 is 5.73 Å². The Morgan fingerprint density at radius 1 is 1.13 bits per heavy atom. The summed E-state index contributed by atoms with van der Waals surface area (Å²) in [5.74, 6) is 0.715. The van der Waals surface area contributed by atoms with E-state index in [4.69, 9.17) is 5.73 Å². The molecular formula is C19H22BrN3. The average molecular weight is 372 g/mol. The van der Waals surface area contributed by atoms with Gasteiger partial charge in [0.25, 0.3) is 0 Å². The Labute approximate surface area is 145 Å². The summed E-state index contributed by atoms with van der Waals surface area (Å²) in [5.41, 5.74) is 10.9. The van der Waals surface area contributed by atoms with Gasteiger partial charge in [-0.2, -0.15) is 0 Å². The third-order valence-corrected chi connectivity index (χ3v) is 6.27. The third kappa shape index (κ3) is 2.83. The molecule has 1 aromatic carbocycles. The van der Waals surface area contributed by atoms with Crippen molar-refractivity contribution < 1.29 is 0 Å². The highest BCUT2D eigenvalue weighted by atomic mass is 79.9. The molecule has 4 rings (SSSR count). The first-order valence-corrected chi connectivity index (χ1v) is 9.25. The van der Waals surface area contributed by atoms with E-state index in [-0.39, 0.29) is 6.04 Å². The zero-order chi connectivity index (χ0) is 15.9. The molecule has 2 aromatic rings. The summed E-state index contributed by atoms with van der Waals surface area (Å²) >= 11 is 3.34. The van der Waals surface area contributed by atoms with Gasteiger partial charge in [-0.3, -0.25) is 4.98 Å². The second-order valence-electron chi connectivity index (χ2n) is 7.19. The molecule has 4 heteroatoms. The molecule has 1 fully saturated rings. The molecule has 1 saturated carbocycles. The van der Waals surface area contributed by atoms with E-state index in [1.807, 2.05) is 6.20 Å². The van der Waals surface area contributed by atoms with Gasteiger partial charge in [-0.1, -0.05) is 24.3 Å². The highest BCUT2D eigenvalue weighted by molar-refractivity contribution is 9.10. The van der Waals surface area contributed by atoms with Gasteiger partial charge in [-0.05, 0) is 76.9 Å². The molecule has 3 nitrogen and oxygen atoms in total. The molecule has 2 aliphatic rings. The lowest BCUT2D eigenvalue weighted by atomic mass is 9.66. The predicted octanol–water partition coefficient (Wildman–Crippen LogP) is 4.21. The van der Waals surface area contributed by atoms with Crippen molar-refractivity contribution in [1.29, 1.82) is 0 Å². The molecule has 0 saturated heterocycles. The lowest BCUT2D eigenvalue weighted by Gasteiger charge is -2.40. The zero-order valence-electron chi connectivity index (χ0n) is 13.2. The van der Waals surface area contributed by atoms with Crippen LogP contribution in [0.4, 0.5) is 0 Å². The summed E-state index contributed by atoms with van der Waals surface area (Å²) in [6.07, 6.45) is 10.9. The highest BCUT2D eigenvalue weighted by Crippen LogP contribution is 2.54. The molecule has 1 heterocycles. The van der Waals surface area contributed by atoms with Crippen molar-refractivity contribution >= 4 is 15.9 Å². The topological polar surface area (TPSA) is 51.8 Å². The fraction of sp³-hybridized carbons (Fsp3) is 0.474. The van der Waals surface area contributed by atoms with Crippen LogP contribution in [-0.2, 0) is 12.8 Å². The van der Waals surface area contributed by atoms with Crippen LogP contribution in [0.15, 0.2) is 41.3 Å². The van der Waals surface area contributed by atoms with Gasteiger partial charge in [0.15, 0.2) is 0 Å². The number of halogens is 1. The largest absolute Gasteiger partial charge is 0.323 e. The number of benzene rings is 1. The molecule has 0 radical (unpaired) electrons. The first-order chi connectivity index (χ1) is 11.2. The van der Waals surface area contributed by atoms with E-state index < -0.39 is 0 Å². The van der Waals surface area contributed by atoms with E-state index >= 15 is 0 Å². The summed E-state index contributed by atoms with van der Waals surface area (Å²) in [4.78, 5) is 8.76. The summed E-state index contributed by atoms with van der Waals surface area (Å²) in [6, 6.07) is 8.95. The second-order valence-corrected chi connectivity index (χ2v) is 8.01. The predicted molar refractivity (Wildman–Crippen MR) is 94.9 cm³/mol. The van der Waals surface area contributed by atoms with Crippen molar-refractivity contribution in [3.05, 3.63) is 58.1 Å². The summed E-state index contributed by atoms with van der Waals surface area (Å²) in [5, 5.41) is 0. The number of nitrogens with two attached hydrogens (primary N) is 1. The summed E-state index contributed by atoms with van der Waals surface area (Å²) in [6.45, 7) is 0. The molecule has 2 N–H and O–H groups in total. The van der Waals surface area contributed by atoms with Gasteiger partial charge in [0.05, 0.1) is 11.9 Å². The molecule has 0 unspecified atom stereocenters. The minimum absolute atomic E-state index is 0.215. The maximum atomic E-state index is 6.64. The van der Waals surface area contributed by atoms with Crippen LogP contribution in [0.3, 0.4) is 0 Å². The van der Waals surface area contributed by atoms with Crippen LogP contribution in [0, 0.1) is 11.3 Å². The second kappa shape index (κ2) is 5.99. The quantitative estimate of drug-likeness (QED) is 0.859. The smallest absolute Gasteiger partial charge is 0.124 e. The number of hydrogen-bond donors (Lipinski definition) is 1. The van der Waals surface area contributed by atoms with Crippen molar-refractivity contribution in [2.45, 2.75) is 44.6 Å². The number of hydrogen-bond acceptors (Lipinski definition) is 3. The van der Waals surface area contributed by atoms with Gasteiger partial charge in [-0.25, -0.2) is 4.98 Å². The molecule has 0 aliphatic heterocycles. The van der Waals surface area contributed by atoms with Crippen LogP contribution in [-0.4, -0.2) is 9.97 Å². The van der Waals surface area contributed by atoms with Crippen LogP contribution in [0.5, 0.6) is 0 Å². The van der Waals surface area contributed by atoms with Crippen molar-refractivity contribution in [2.75, 3.05) is 0 Å². The van der Waals surface area contributed by atoms with Gasteiger partial charge in [0.1, 0.15) is 4.60 Å². The molecule has 120 valence electrons. The lowest BCUT2D eigenvalue weighted by molar-refractivity contribution is 0.127. The van der Waals surface area contributed by atoms with Gasteiger partial charge in [0.2, 0.25) is 0 Å². The summed E-state index contributed by atoms with van der Waals surface area (Å²) < 4.78 is 0.804. The Hall–Kier alpha value is -1.26. The molecule has 23 heavy (non-hydrogen) atoms. The van der Waals surface area contributed by atoms with E-state index in [0.717, 1.165) is 23.1 Å². The van der Waals surface area contributed by atoms with E-state index in [9.17, 15) is 0 Å². The monoisotopic (exact) mass is 371 g/mol. The average Bonchev–Trinajstić information content (AvgIpc) is 2.85. The maximum absolute atomic E-state index is 6.64. The highest BCUT2D eigenvalue weighted by Gasteiger charge is 2.45. The fourth-order valence-corrected chi connectivity index (χ4v) is 4.71. The van der Waals surface area contributed by atoms with E-state index in [1.54, 1.807) is 6.20 Å². The van der Waals surface area contributed by atoms with Crippen molar-refractivity contribution in [3.8, 4) is 0 Å². The minimum Gasteiger partial charge on any atom is -0.323 e.